The van der Waals surface area contributed by atoms with Gasteiger partial charge in [-0.2, -0.15) is 0 Å². The normalized spacial score (nSPS) is 22.0. The molecule has 1 saturated heterocycles. The molecule has 0 radical (unpaired) electrons. The smallest absolute Gasteiger partial charge is 0.338 e. The van der Waals surface area contributed by atoms with Crippen molar-refractivity contribution in [1.82, 2.24) is 4.90 Å². The Morgan fingerprint density at radius 1 is 1.29 bits per heavy atom. The van der Waals surface area contributed by atoms with E-state index in [9.17, 15) is 14.0 Å². The fourth-order valence-corrected chi connectivity index (χ4v) is 2.78. The number of carbonyl (C=O) groups excluding carboxylic acids is 1. The van der Waals surface area contributed by atoms with Gasteiger partial charge < -0.3 is 15.3 Å². The van der Waals surface area contributed by atoms with Crippen molar-refractivity contribution in [3.05, 3.63) is 29.6 Å². The van der Waals surface area contributed by atoms with E-state index in [-0.39, 0.29) is 23.8 Å². The van der Waals surface area contributed by atoms with E-state index < -0.39 is 17.3 Å². The molecular weight excluding hydrogens is 275 g/mol. The van der Waals surface area contributed by atoms with Gasteiger partial charge in [0.1, 0.15) is 5.82 Å². The first-order valence-corrected chi connectivity index (χ1v) is 7.02. The number of benzene rings is 1. The van der Waals surface area contributed by atoms with E-state index in [1.54, 1.807) is 4.90 Å². The summed E-state index contributed by atoms with van der Waals surface area (Å²) in [6, 6.07) is 3.56. The number of nitrogens with zero attached hydrogens (tertiary/aromatic N) is 1. The largest absolute Gasteiger partial charge is 0.478 e. The van der Waals surface area contributed by atoms with Gasteiger partial charge in [0.25, 0.3) is 0 Å². The molecule has 6 heteroatoms. The number of piperidine rings is 1. The molecule has 1 aliphatic rings. The molecule has 0 saturated carbocycles. The Labute approximate surface area is 122 Å². The van der Waals surface area contributed by atoms with Crippen molar-refractivity contribution in [3.63, 3.8) is 0 Å². The highest BCUT2D eigenvalue weighted by molar-refractivity contribution is 5.92. The van der Waals surface area contributed by atoms with Crippen LogP contribution in [-0.2, 0) is 0 Å². The Hall–Kier alpha value is -2.11. The molecule has 1 aliphatic heterocycles. The lowest BCUT2D eigenvalue weighted by atomic mass is 9.98. The molecule has 1 aromatic carbocycles. The topological polar surface area (TPSA) is 69.6 Å². The van der Waals surface area contributed by atoms with Crippen molar-refractivity contribution in [2.45, 2.75) is 45.2 Å². The molecule has 1 heterocycles. The van der Waals surface area contributed by atoms with Crippen LogP contribution in [0, 0.1) is 5.82 Å². The second kappa shape index (κ2) is 6.11. The minimum absolute atomic E-state index is 0.136. The number of anilines is 1. The Morgan fingerprint density at radius 2 is 1.90 bits per heavy atom. The predicted molar refractivity (Wildman–Crippen MR) is 77.0 cm³/mol. The minimum atomic E-state index is -1.33. The first-order chi connectivity index (χ1) is 9.90. The van der Waals surface area contributed by atoms with Crippen molar-refractivity contribution >= 4 is 17.7 Å². The number of urea groups is 1. The fraction of sp³-hybridized carbons (Fsp3) is 0.467. The first kappa shape index (κ1) is 15.3. The maximum absolute atomic E-state index is 13.6. The summed E-state index contributed by atoms with van der Waals surface area (Å²) >= 11 is 0. The monoisotopic (exact) mass is 294 g/mol. The standard InChI is InChI=1S/C15H19FN2O3/c1-9-4-3-5-10(2)18(9)15(21)17-11-6-7-12(14(19)20)13(16)8-11/h6-10H,3-5H2,1-2H3,(H,17,21)(H,19,20)/t9-,10+. The molecular formula is C15H19FN2O3. The summed E-state index contributed by atoms with van der Waals surface area (Å²) in [7, 11) is 0. The van der Waals surface area contributed by atoms with E-state index in [4.69, 9.17) is 5.11 Å². The fourth-order valence-electron chi connectivity index (χ4n) is 2.78. The summed E-state index contributed by atoms with van der Waals surface area (Å²) in [5.74, 6) is -2.19. The molecule has 2 amide bonds. The highest BCUT2D eigenvalue weighted by atomic mass is 19.1. The van der Waals surface area contributed by atoms with Crippen molar-refractivity contribution < 1.29 is 19.1 Å². The van der Waals surface area contributed by atoms with Crippen LogP contribution in [0.25, 0.3) is 0 Å². The number of likely N-dealkylation sites (tertiary alicyclic amines) is 1. The maximum Gasteiger partial charge on any atom is 0.338 e. The molecule has 0 spiro atoms. The highest BCUT2D eigenvalue weighted by Gasteiger charge is 2.29. The first-order valence-electron chi connectivity index (χ1n) is 7.02. The Kier molecular flexibility index (Phi) is 4.45. The van der Waals surface area contributed by atoms with Crippen LogP contribution >= 0.6 is 0 Å². The summed E-state index contributed by atoms with van der Waals surface area (Å²) in [6.07, 6.45) is 2.99. The number of carboxylic acids is 1. The van der Waals surface area contributed by atoms with E-state index >= 15 is 0 Å². The second-order valence-corrected chi connectivity index (χ2v) is 5.47. The molecule has 21 heavy (non-hydrogen) atoms. The molecule has 2 N–H and O–H groups in total. The average molecular weight is 294 g/mol. The van der Waals surface area contributed by atoms with Crippen LogP contribution in [0.1, 0.15) is 43.5 Å². The van der Waals surface area contributed by atoms with Gasteiger partial charge >= 0.3 is 12.0 Å². The molecule has 0 aliphatic carbocycles. The third kappa shape index (κ3) is 3.32. The number of hydrogen-bond donors (Lipinski definition) is 2. The van der Waals surface area contributed by atoms with Gasteiger partial charge in [0.05, 0.1) is 5.56 Å². The summed E-state index contributed by atoms with van der Waals surface area (Å²) in [6.45, 7) is 3.98. The van der Waals surface area contributed by atoms with Gasteiger partial charge in [0.2, 0.25) is 0 Å². The molecule has 1 fully saturated rings. The summed E-state index contributed by atoms with van der Waals surface area (Å²) in [5, 5.41) is 11.4. The number of carbonyl (C=O) groups is 2. The maximum atomic E-state index is 13.6. The molecule has 0 unspecified atom stereocenters. The third-order valence-electron chi connectivity index (χ3n) is 3.88. The Morgan fingerprint density at radius 3 is 2.43 bits per heavy atom. The van der Waals surface area contributed by atoms with Gasteiger partial charge in [-0.1, -0.05) is 0 Å². The van der Waals surface area contributed by atoms with Crippen molar-refractivity contribution in [3.8, 4) is 0 Å². The van der Waals surface area contributed by atoms with Crippen molar-refractivity contribution in [2.24, 2.45) is 0 Å². The van der Waals surface area contributed by atoms with E-state index in [1.807, 2.05) is 13.8 Å². The van der Waals surface area contributed by atoms with Gasteiger partial charge in [-0.25, -0.2) is 14.0 Å². The zero-order valence-electron chi connectivity index (χ0n) is 12.1. The van der Waals surface area contributed by atoms with Gasteiger partial charge in [0, 0.05) is 17.8 Å². The summed E-state index contributed by atoms with van der Waals surface area (Å²) in [4.78, 5) is 24.8. The molecule has 0 aromatic heterocycles. The Balaban J connectivity index is 2.12. The average Bonchev–Trinajstić information content (AvgIpc) is 2.37. The minimum Gasteiger partial charge on any atom is -0.478 e. The number of rotatable bonds is 2. The quantitative estimate of drug-likeness (QED) is 0.879. The lowest BCUT2D eigenvalue weighted by molar-refractivity contribution is 0.0692. The van der Waals surface area contributed by atoms with Crippen LogP contribution in [-0.4, -0.2) is 34.1 Å². The van der Waals surface area contributed by atoms with Crippen LogP contribution < -0.4 is 5.32 Å². The lowest BCUT2D eigenvalue weighted by Gasteiger charge is -2.38. The van der Waals surface area contributed by atoms with Crippen molar-refractivity contribution in [1.29, 1.82) is 0 Å². The third-order valence-corrected chi connectivity index (χ3v) is 3.88. The number of amides is 2. The SMILES string of the molecule is C[C@@H]1CCC[C@H](C)N1C(=O)Nc1ccc(C(=O)O)c(F)c1. The summed E-state index contributed by atoms with van der Waals surface area (Å²) < 4.78 is 13.6. The number of carboxylic acid groups (broad SMARTS) is 1. The zero-order valence-corrected chi connectivity index (χ0v) is 12.1. The molecule has 1 aromatic rings. The van der Waals surface area contributed by atoms with Crippen LogP contribution in [0.2, 0.25) is 0 Å². The Bertz CT molecular complexity index is 552. The number of halogens is 1. The molecule has 0 bridgehead atoms. The van der Waals surface area contributed by atoms with Gasteiger partial charge in [-0.15, -0.1) is 0 Å². The van der Waals surface area contributed by atoms with Crippen molar-refractivity contribution in [2.75, 3.05) is 5.32 Å². The van der Waals surface area contributed by atoms with Crippen LogP contribution in [0.15, 0.2) is 18.2 Å². The number of aromatic carboxylic acids is 1. The molecule has 114 valence electrons. The lowest BCUT2D eigenvalue weighted by Crippen LogP contribution is -2.49. The predicted octanol–water partition coefficient (Wildman–Crippen LogP) is 3.32. The molecule has 2 atom stereocenters. The van der Waals surface area contributed by atoms with Gasteiger partial charge in [0.15, 0.2) is 0 Å². The van der Waals surface area contributed by atoms with Gasteiger partial charge in [-0.05, 0) is 51.3 Å². The van der Waals surface area contributed by atoms with Crippen LogP contribution in [0.5, 0.6) is 0 Å². The van der Waals surface area contributed by atoms with E-state index in [2.05, 4.69) is 5.32 Å². The van der Waals surface area contributed by atoms with Crippen LogP contribution in [0.4, 0.5) is 14.9 Å². The van der Waals surface area contributed by atoms with Crippen LogP contribution in [0.3, 0.4) is 0 Å². The van der Waals surface area contributed by atoms with E-state index in [0.717, 1.165) is 31.4 Å². The molecule has 5 nitrogen and oxygen atoms in total. The number of nitrogens with one attached hydrogen (secondary N) is 1. The number of hydrogen-bond acceptors (Lipinski definition) is 2. The zero-order chi connectivity index (χ0) is 15.6. The highest BCUT2D eigenvalue weighted by Crippen LogP contribution is 2.24. The molecule has 2 rings (SSSR count). The second-order valence-electron chi connectivity index (χ2n) is 5.47. The summed E-state index contributed by atoms with van der Waals surface area (Å²) in [5.41, 5.74) is -0.153. The van der Waals surface area contributed by atoms with E-state index in [1.165, 1.54) is 6.07 Å². The van der Waals surface area contributed by atoms with E-state index in [0.29, 0.717) is 0 Å². The van der Waals surface area contributed by atoms with Gasteiger partial charge in [-0.3, -0.25) is 0 Å².